The topological polar surface area (TPSA) is 99.9 Å². The molecule has 0 saturated carbocycles. The van der Waals surface area contributed by atoms with Crippen molar-refractivity contribution in [3.8, 4) is 5.75 Å². The van der Waals surface area contributed by atoms with Crippen LogP contribution in [0.15, 0.2) is 84.3 Å². The highest BCUT2D eigenvalue weighted by Gasteiger charge is 2.44. The predicted molar refractivity (Wildman–Crippen MR) is 125 cm³/mol. The summed E-state index contributed by atoms with van der Waals surface area (Å²) in [6, 6.07) is 18.1. The van der Waals surface area contributed by atoms with Crippen LogP contribution in [-0.4, -0.2) is 42.3 Å². The highest BCUT2D eigenvalue weighted by atomic mass is 32.2. The molecular weight excluding hydrogens is 456 g/mol. The van der Waals surface area contributed by atoms with Gasteiger partial charge in [-0.05, 0) is 46.7 Å². The number of hydrogen-bond acceptors (Lipinski definition) is 6. The van der Waals surface area contributed by atoms with Gasteiger partial charge in [-0.25, -0.2) is 4.98 Å². The molecule has 0 unspecified atom stereocenters. The van der Waals surface area contributed by atoms with E-state index in [0.29, 0.717) is 17.9 Å². The average Bonchev–Trinajstić information content (AvgIpc) is 3.49. The Balaban J connectivity index is 1.51. The first-order chi connectivity index (χ1) is 16.4. The molecule has 8 nitrogen and oxygen atoms in total. The largest absolute Gasteiger partial charge is 0.497 e. The number of nitrogens with zero attached hydrogens (tertiary/aromatic N) is 2. The van der Waals surface area contributed by atoms with E-state index in [9.17, 15) is 13.0 Å². The van der Waals surface area contributed by atoms with Crippen molar-refractivity contribution >= 4 is 20.9 Å². The third-order valence-corrected chi connectivity index (χ3v) is 6.98. The second-order valence-corrected chi connectivity index (χ2v) is 9.60. The number of imidazole rings is 1. The molecule has 0 spiro atoms. The van der Waals surface area contributed by atoms with Crippen LogP contribution in [0.25, 0.3) is 10.8 Å². The third kappa shape index (κ3) is 4.30. The van der Waals surface area contributed by atoms with Gasteiger partial charge in [-0.15, -0.1) is 0 Å². The fraction of sp³-hybridized carbons (Fsp3) is 0.240. The molecule has 9 heteroatoms. The van der Waals surface area contributed by atoms with E-state index in [-0.39, 0.29) is 17.9 Å². The van der Waals surface area contributed by atoms with Gasteiger partial charge in [-0.1, -0.05) is 30.3 Å². The molecule has 4 aromatic rings. The molecule has 2 atom stereocenters. The minimum Gasteiger partial charge on any atom is -0.497 e. The summed E-state index contributed by atoms with van der Waals surface area (Å²) in [5.41, 5.74) is 1.31. The van der Waals surface area contributed by atoms with Crippen LogP contribution in [0, 0.1) is 0 Å². The number of benzene rings is 3. The fourth-order valence-corrected chi connectivity index (χ4v) is 5.20. The Hall–Kier alpha value is -3.24. The van der Waals surface area contributed by atoms with Crippen molar-refractivity contribution in [2.75, 3.05) is 13.7 Å². The zero-order chi connectivity index (χ0) is 23.8. The number of hydrogen-bond donors (Lipinski definition) is 1. The van der Waals surface area contributed by atoms with E-state index in [1.54, 1.807) is 25.7 Å². The average molecular weight is 481 g/mol. The van der Waals surface area contributed by atoms with E-state index in [1.807, 2.05) is 59.3 Å². The Morgan fingerprint density at radius 1 is 1.15 bits per heavy atom. The summed E-state index contributed by atoms with van der Waals surface area (Å²) in [6.45, 7) is 0.603. The van der Waals surface area contributed by atoms with Gasteiger partial charge in [-0.3, -0.25) is 4.55 Å². The molecule has 0 bridgehead atoms. The van der Waals surface area contributed by atoms with Crippen LogP contribution in [0.2, 0.25) is 0 Å². The van der Waals surface area contributed by atoms with Gasteiger partial charge >= 0.3 is 0 Å². The van der Waals surface area contributed by atoms with Crippen LogP contribution in [0.5, 0.6) is 5.75 Å². The van der Waals surface area contributed by atoms with Gasteiger partial charge in [0.25, 0.3) is 10.1 Å². The van der Waals surface area contributed by atoms with E-state index in [4.69, 9.17) is 14.2 Å². The summed E-state index contributed by atoms with van der Waals surface area (Å²) >= 11 is 0. The normalized spacial score (nSPS) is 20.6. The molecule has 0 amide bonds. The van der Waals surface area contributed by atoms with Gasteiger partial charge in [0.05, 0.1) is 37.6 Å². The number of aromatic nitrogens is 2. The lowest BCUT2D eigenvalue weighted by atomic mass is 10.00. The van der Waals surface area contributed by atoms with Crippen molar-refractivity contribution in [3.63, 3.8) is 0 Å². The molecule has 1 saturated heterocycles. The monoisotopic (exact) mass is 480 g/mol. The van der Waals surface area contributed by atoms with Crippen LogP contribution in [0.1, 0.15) is 11.1 Å². The molecular formula is C25H24N2O6S. The minimum atomic E-state index is -4.42. The van der Waals surface area contributed by atoms with Crippen molar-refractivity contribution in [2.24, 2.45) is 0 Å². The first kappa shape index (κ1) is 22.5. The second-order valence-electron chi connectivity index (χ2n) is 8.21. The SMILES string of the molecule is COc1ccc([C@]2(Cn3ccnc3)OC[C@H](Cc3c(S(=O)(=O)O)ccc4ccccc34)O2)cc1. The van der Waals surface area contributed by atoms with Crippen LogP contribution < -0.4 is 4.74 Å². The van der Waals surface area contributed by atoms with Gasteiger partial charge in [0.15, 0.2) is 0 Å². The van der Waals surface area contributed by atoms with E-state index < -0.39 is 22.0 Å². The van der Waals surface area contributed by atoms with E-state index in [1.165, 1.54) is 6.07 Å². The molecule has 0 aliphatic carbocycles. The van der Waals surface area contributed by atoms with E-state index >= 15 is 0 Å². The lowest BCUT2D eigenvalue weighted by molar-refractivity contribution is -0.186. The first-order valence-corrected chi connectivity index (χ1v) is 12.2. The summed E-state index contributed by atoms with van der Waals surface area (Å²) in [5, 5.41) is 1.63. The molecule has 1 aliphatic rings. The summed E-state index contributed by atoms with van der Waals surface area (Å²) in [5.74, 6) is -0.384. The van der Waals surface area contributed by atoms with Crippen LogP contribution in [0.4, 0.5) is 0 Å². The van der Waals surface area contributed by atoms with Gasteiger partial charge in [0.1, 0.15) is 5.75 Å². The molecule has 2 heterocycles. The quantitative estimate of drug-likeness (QED) is 0.402. The summed E-state index contributed by atoms with van der Waals surface area (Å²) in [4.78, 5) is 3.99. The Morgan fingerprint density at radius 2 is 1.94 bits per heavy atom. The van der Waals surface area contributed by atoms with Gasteiger partial charge in [-0.2, -0.15) is 8.42 Å². The maximum absolute atomic E-state index is 12.2. The van der Waals surface area contributed by atoms with Crippen LogP contribution in [0.3, 0.4) is 0 Å². The Morgan fingerprint density at radius 3 is 2.65 bits per heavy atom. The highest BCUT2D eigenvalue weighted by Crippen LogP contribution is 2.39. The van der Waals surface area contributed by atoms with Gasteiger partial charge < -0.3 is 18.8 Å². The second kappa shape index (κ2) is 8.84. The van der Waals surface area contributed by atoms with Crippen molar-refractivity contribution in [3.05, 3.63) is 90.5 Å². The smallest absolute Gasteiger partial charge is 0.294 e. The van der Waals surface area contributed by atoms with Crippen molar-refractivity contribution < 1.29 is 27.2 Å². The number of methoxy groups -OCH3 is 1. The number of rotatable bonds is 7. The Bertz CT molecular complexity index is 1400. The van der Waals surface area contributed by atoms with Crippen molar-refractivity contribution in [1.82, 2.24) is 9.55 Å². The molecule has 34 heavy (non-hydrogen) atoms. The molecule has 1 aromatic heterocycles. The Kier molecular flexibility index (Phi) is 5.86. The summed E-state index contributed by atoms with van der Waals surface area (Å²) < 4.78 is 54.1. The zero-order valence-corrected chi connectivity index (χ0v) is 19.3. The molecule has 1 fully saturated rings. The molecule has 0 radical (unpaired) electrons. The summed E-state index contributed by atoms with van der Waals surface area (Å²) in [6.07, 6.45) is 5.00. The third-order valence-electron chi connectivity index (χ3n) is 6.05. The lowest BCUT2D eigenvalue weighted by Crippen LogP contribution is -2.33. The maximum atomic E-state index is 12.2. The summed E-state index contributed by atoms with van der Waals surface area (Å²) in [7, 11) is -2.82. The van der Waals surface area contributed by atoms with E-state index in [0.717, 1.165) is 16.3 Å². The number of ether oxygens (including phenoxy) is 3. The maximum Gasteiger partial charge on any atom is 0.294 e. The van der Waals surface area contributed by atoms with E-state index in [2.05, 4.69) is 4.98 Å². The van der Waals surface area contributed by atoms with Crippen LogP contribution in [-0.2, 0) is 38.3 Å². The predicted octanol–water partition coefficient (Wildman–Crippen LogP) is 3.80. The van der Waals surface area contributed by atoms with Crippen LogP contribution >= 0.6 is 0 Å². The minimum absolute atomic E-state index is 0.119. The molecule has 1 N–H and O–H groups in total. The Labute approximate surface area is 197 Å². The number of fused-ring (bicyclic) bond motifs is 1. The highest BCUT2D eigenvalue weighted by molar-refractivity contribution is 7.85. The van der Waals surface area contributed by atoms with Gasteiger partial charge in [0, 0.05) is 24.4 Å². The molecule has 176 valence electrons. The van der Waals surface area contributed by atoms with Crippen molar-refractivity contribution in [2.45, 2.75) is 29.8 Å². The van der Waals surface area contributed by atoms with Gasteiger partial charge in [0.2, 0.25) is 5.79 Å². The first-order valence-electron chi connectivity index (χ1n) is 10.8. The molecule has 1 aliphatic heterocycles. The lowest BCUT2D eigenvalue weighted by Gasteiger charge is -2.29. The van der Waals surface area contributed by atoms with Crippen molar-refractivity contribution in [1.29, 1.82) is 0 Å². The standard InChI is InChI=1S/C25H24N2O6S/c1-31-20-9-7-19(8-10-20)25(16-27-13-12-26-17-27)32-15-21(33-25)14-23-22-5-3-2-4-18(22)6-11-24(23)34(28,29)30/h2-13,17,21H,14-16H2,1H3,(H,28,29,30)/t21-,25+/m0/s1. The zero-order valence-electron chi connectivity index (χ0n) is 18.5. The molecule has 5 rings (SSSR count). The molecule has 3 aromatic carbocycles. The fourth-order valence-electron chi connectivity index (χ4n) is 4.45.